The first kappa shape index (κ1) is 23.9. The van der Waals surface area contributed by atoms with Gasteiger partial charge in [0, 0.05) is 14.5 Å². The predicted octanol–water partition coefficient (Wildman–Crippen LogP) is 6.07. The quantitative estimate of drug-likeness (QED) is 0.292. The molecule has 0 spiro atoms. The number of anilines is 1. The monoisotopic (exact) mass is 582 g/mol. The average molecular weight is 584 g/mol. The van der Waals surface area contributed by atoms with Gasteiger partial charge in [-0.25, -0.2) is 9.69 Å². The minimum atomic E-state index is -0.796. The number of nitrogens with zero attached hydrogens (tertiary/aromatic N) is 1. The number of urea groups is 1. The van der Waals surface area contributed by atoms with Gasteiger partial charge in [0.15, 0.2) is 0 Å². The minimum absolute atomic E-state index is 0.170. The number of benzene rings is 3. The molecular weight excluding hydrogens is 564 g/mol. The largest absolute Gasteiger partial charge is 0.488 e. The van der Waals surface area contributed by atoms with Gasteiger partial charge in [-0.1, -0.05) is 50.1 Å². The third kappa shape index (κ3) is 5.13. The van der Waals surface area contributed by atoms with Crippen LogP contribution in [0.3, 0.4) is 0 Å². The summed E-state index contributed by atoms with van der Waals surface area (Å²) in [7, 11) is 0. The molecule has 0 unspecified atom stereocenters. The number of aryl methyl sites for hydroxylation is 2. The van der Waals surface area contributed by atoms with Crippen LogP contribution >= 0.6 is 31.9 Å². The van der Waals surface area contributed by atoms with Crippen molar-refractivity contribution in [1.29, 1.82) is 0 Å². The number of rotatable bonds is 5. The molecule has 1 fully saturated rings. The molecule has 34 heavy (non-hydrogen) atoms. The third-order valence-corrected chi connectivity index (χ3v) is 6.45. The number of nitrogens with one attached hydrogen (secondary N) is 1. The summed E-state index contributed by atoms with van der Waals surface area (Å²) in [5.41, 5.74) is 4.08. The van der Waals surface area contributed by atoms with Crippen LogP contribution in [0, 0.1) is 13.8 Å². The number of amides is 4. The minimum Gasteiger partial charge on any atom is -0.488 e. The predicted molar refractivity (Wildman–Crippen MR) is 138 cm³/mol. The van der Waals surface area contributed by atoms with Crippen LogP contribution in [0.2, 0.25) is 0 Å². The number of carbonyl (C=O) groups is 3. The van der Waals surface area contributed by atoms with Crippen molar-refractivity contribution in [3.8, 4) is 5.75 Å². The van der Waals surface area contributed by atoms with Crippen LogP contribution in [0.25, 0.3) is 6.08 Å². The molecule has 0 aliphatic carbocycles. The van der Waals surface area contributed by atoms with Gasteiger partial charge < -0.3 is 4.74 Å². The summed E-state index contributed by atoms with van der Waals surface area (Å²) in [6, 6.07) is 17.3. The number of carbonyl (C=O) groups excluding carboxylic acids is 3. The fraction of sp³-hybridized carbons (Fsp3) is 0.115. The van der Waals surface area contributed by atoms with Crippen molar-refractivity contribution >= 4 is 61.5 Å². The molecule has 3 aromatic carbocycles. The van der Waals surface area contributed by atoms with E-state index in [2.05, 4.69) is 43.2 Å². The second-order valence-corrected chi connectivity index (χ2v) is 9.66. The third-order valence-electron chi connectivity index (χ3n) is 5.42. The normalized spacial score (nSPS) is 15.0. The highest BCUT2D eigenvalue weighted by Crippen LogP contribution is 2.29. The summed E-state index contributed by atoms with van der Waals surface area (Å²) in [5, 5.41) is 2.24. The Morgan fingerprint density at radius 3 is 2.29 bits per heavy atom. The van der Waals surface area contributed by atoms with Gasteiger partial charge >= 0.3 is 6.03 Å². The maximum Gasteiger partial charge on any atom is 0.335 e. The van der Waals surface area contributed by atoms with Gasteiger partial charge in [0.25, 0.3) is 11.8 Å². The Morgan fingerprint density at radius 2 is 1.59 bits per heavy atom. The molecule has 0 radical (unpaired) electrons. The van der Waals surface area contributed by atoms with Crippen LogP contribution in [0.15, 0.2) is 75.2 Å². The van der Waals surface area contributed by atoms with Gasteiger partial charge in [-0.3, -0.25) is 14.9 Å². The summed E-state index contributed by atoms with van der Waals surface area (Å²) in [6.07, 6.45) is 1.44. The zero-order valence-electron chi connectivity index (χ0n) is 18.4. The van der Waals surface area contributed by atoms with Crippen LogP contribution in [-0.2, 0) is 16.2 Å². The molecule has 6 nitrogen and oxygen atoms in total. The van der Waals surface area contributed by atoms with E-state index in [1.807, 2.05) is 32.0 Å². The molecule has 1 heterocycles. The first-order valence-corrected chi connectivity index (χ1v) is 12.0. The molecule has 172 valence electrons. The number of hydrogen-bond acceptors (Lipinski definition) is 4. The zero-order valence-corrected chi connectivity index (χ0v) is 21.6. The topological polar surface area (TPSA) is 75.7 Å². The molecule has 0 aromatic heterocycles. The van der Waals surface area contributed by atoms with Crippen molar-refractivity contribution < 1.29 is 19.1 Å². The molecule has 1 saturated heterocycles. The second-order valence-electron chi connectivity index (χ2n) is 7.82. The van der Waals surface area contributed by atoms with Crippen LogP contribution in [0.5, 0.6) is 5.75 Å². The lowest BCUT2D eigenvalue weighted by Crippen LogP contribution is -2.54. The fourth-order valence-electron chi connectivity index (χ4n) is 3.46. The van der Waals surface area contributed by atoms with Crippen LogP contribution < -0.4 is 15.0 Å². The Labute approximate surface area is 213 Å². The smallest absolute Gasteiger partial charge is 0.335 e. The van der Waals surface area contributed by atoms with E-state index in [4.69, 9.17) is 4.74 Å². The first-order valence-electron chi connectivity index (χ1n) is 10.4. The van der Waals surface area contributed by atoms with Crippen LogP contribution in [-0.4, -0.2) is 17.8 Å². The van der Waals surface area contributed by atoms with Crippen molar-refractivity contribution in [2.75, 3.05) is 4.90 Å². The zero-order chi connectivity index (χ0) is 24.4. The van der Waals surface area contributed by atoms with Crippen molar-refractivity contribution in [3.63, 3.8) is 0 Å². The summed E-state index contributed by atoms with van der Waals surface area (Å²) in [4.78, 5) is 39.2. The highest BCUT2D eigenvalue weighted by Gasteiger charge is 2.37. The van der Waals surface area contributed by atoms with Gasteiger partial charge in [0.05, 0.1) is 5.69 Å². The maximum absolute atomic E-state index is 13.2. The standard InChI is InChI=1S/C26H20Br2N2O4/c1-15-3-4-17(11-16(15)2)14-34-23-10-7-20(28)12-18(23)13-22-24(31)29-26(33)30(25(22)32)21-8-5-19(27)6-9-21/h3-13H,14H2,1-2H3,(H,29,31,33)/b22-13+. The van der Waals surface area contributed by atoms with E-state index in [-0.39, 0.29) is 5.57 Å². The number of imide groups is 2. The highest BCUT2D eigenvalue weighted by atomic mass is 79.9. The Balaban J connectivity index is 1.66. The molecule has 1 N–H and O–H groups in total. The highest BCUT2D eigenvalue weighted by molar-refractivity contribution is 9.10. The number of barbiturate groups is 1. The average Bonchev–Trinajstić information content (AvgIpc) is 2.79. The number of halogens is 2. The van der Waals surface area contributed by atoms with E-state index in [1.54, 1.807) is 36.4 Å². The number of ether oxygens (including phenoxy) is 1. The summed E-state index contributed by atoms with van der Waals surface area (Å²) in [5.74, 6) is -0.971. The van der Waals surface area contributed by atoms with Gasteiger partial charge in [0.2, 0.25) is 0 Å². The Hall–Kier alpha value is -3.23. The SMILES string of the molecule is Cc1ccc(COc2ccc(Br)cc2/C=C2\C(=O)NC(=O)N(c3ccc(Br)cc3)C2=O)cc1C. The second kappa shape index (κ2) is 9.95. The molecule has 0 atom stereocenters. The Morgan fingerprint density at radius 1 is 0.882 bits per heavy atom. The summed E-state index contributed by atoms with van der Waals surface area (Å²) in [6.45, 7) is 4.41. The summed E-state index contributed by atoms with van der Waals surface area (Å²) < 4.78 is 7.59. The lowest BCUT2D eigenvalue weighted by Gasteiger charge is -2.26. The van der Waals surface area contributed by atoms with Crippen molar-refractivity contribution in [2.24, 2.45) is 0 Å². The van der Waals surface area contributed by atoms with E-state index < -0.39 is 17.8 Å². The van der Waals surface area contributed by atoms with Crippen LogP contribution in [0.4, 0.5) is 10.5 Å². The summed E-state index contributed by atoms with van der Waals surface area (Å²) >= 11 is 6.76. The fourth-order valence-corrected chi connectivity index (χ4v) is 4.10. The molecular formula is C26H20Br2N2O4. The lowest BCUT2D eigenvalue weighted by molar-refractivity contribution is -0.122. The van der Waals surface area contributed by atoms with Crippen molar-refractivity contribution in [2.45, 2.75) is 20.5 Å². The van der Waals surface area contributed by atoms with E-state index in [0.717, 1.165) is 19.4 Å². The van der Waals surface area contributed by atoms with Gasteiger partial charge in [0.1, 0.15) is 17.9 Å². The van der Waals surface area contributed by atoms with Gasteiger partial charge in [-0.15, -0.1) is 0 Å². The number of hydrogen-bond donors (Lipinski definition) is 1. The Kier molecular flexibility index (Phi) is 7.00. The van der Waals surface area contributed by atoms with E-state index >= 15 is 0 Å². The molecule has 0 bridgehead atoms. The van der Waals surface area contributed by atoms with Gasteiger partial charge in [-0.2, -0.15) is 0 Å². The lowest BCUT2D eigenvalue weighted by atomic mass is 10.1. The molecule has 1 aliphatic rings. The van der Waals surface area contributed by atoms with E-state index in [1.165, 1.54) is 17.2 Å². The molecule has 4 rings (SSSR count). The first-order chi connectivity index (χ1) is 16.2. The van der Waals surface area contributed by atoms with Crippen molar-refractivity contribution in [3.05, 3.63) is 97.4 Å². The maximum atomic E-state index is 13.2. The van der Waals surface area contributed by atoms with Crippen molar-refractivity contribution in [1.82, 2.24) is 5.32 Å². The van der Waals surface area contributed by atoms with E-state index in [0.29, 0.717) is 23.6 Å². The molecule has 0 saturated carbocycles. The van der Waals surface area contributed by atoms with Gasteiger partial charge in [-0.05, 0) is 79.1 Å². The molecule has 1 aliphatic heterocycles. The van der Waals surface area contributed by atoms with E-state index in [9.17, 15) is 14.4 Å². The van der Waals surface area contributed by atoms with Crippen LogP contribution in [0.1, 0.15) is 22.3 Å². The molecule has 3 aromatic rings. The molecule has 8 heteroatoms. The Bertz CT molecular complexity index is 1330. The molecule has 4 amide bonds.